The van der Waals surface area contributed by atoms with E-state index < -0.39 is 239 Å². The zero-order valence-electron chi connectivity index (χ0n) is 52.5. The molecular weight excluding hydrogens is 1290 g/mol. The van der Waals surface area contributed by atoms with Crippen LogP contribution in [0.15, 0.2) is 64.6 Å². The van der Waals surface area contributed by atoms with E-state index in [9.17, 15) is 80.5 Å². The molecule has 97 heavy (non-hydrogen) atoms. The second-order valence-corrected chi connectivity index (χ2v) is 25.2. The van der Waals surface area contributed by atoms with Crippen LogP contribution in [-0.2, 0) is 63.6 Å². The fraction of sp³-hybridized carbons (Fsp3) is 0.667. The number of nitrogens with one attached hydrogen (secondary N) is 7. The summed E-state index contributed by atoms with van der Waals surface area (Å²) in [7, 11) is 0. The monoisotopic (exact) mass is 1370 g/mol. The molecule has 536 valence electrons. The minimum absolute atomic E-state index is 0.00585. The fourth-order valence-corrected chi connectivity index (χ4v) is 13.2. The third-order valence-corrected chi connectivity index (χ3v) is 18.8. The van der Waals surface area contributed by atoms with Gasteiger partial charge in [0, 0.05) is 31.7 Å². The van der Waals surface area contributed by atoms with Gasteiger partial charge in [-0.1, -0.05) is 55.8 Å². The van der Waals surface area contributed by atoms with Crippen molar-refractivity contribution in [2.75, 3.05) is 46.1 Å². The highest BCUT2D eigenvalue weighted by atomic mass is 16.8. The molecule has 7 aliphatic heterocycles. The highest BCUT2D eigenvalue weighted by molar-refractivity contribution is 5.98. The Morgan fingerprint density at radius 1 is 0.649 bits per heavy atom. The quantitative estimate of drug-likeness (QED) is 0.0742. The lowest BCUT2D eigenvalue weighted by Crippen LogP contribution is -2.70. The van der Waals surface area contributed by atoms with Gasteiger partial charge in [0.1, 0.15) is 121 Å². The number of hydrogen-bond acceptors (Lipinski definition) is 31. The molecule has 25 atom stereocenters. The van der Waals surface area contributed by atoms with E-state index >= 15 is 9.59 Å². The summed E-state index contributed by atoms with van der Waals surface area (Å²) in [5.41, 5.74) is 12.9. The number of fused-ring (bicyclic) bond motifs is 1. The van der Waals surface area contributed by atoms with Gasteiger partial charge in [-0.3, -0.25) is 33.8 Å². The summed E-state index contributed by atoms with van der Waals surface area (Å²) in [5.74, 6) is -9.80. The third-order valence-electron chi connectivity index (χ3n) is 18.8. The summed E-state index contributed by atoms with van der Waals surface area (Å²) < 4.78 is 41.8. The maximum absolute atomic E-state index is 15.2. The zero-order chi connectivity index (χ0) is 69.7. The number of carbonyl (C=O) groups is 6. The van der Waals surface area contributed by atoms with Crippen LogP contribution in [-0.4, -0.2) is 312 Å². The Bertz CT molecular complexity index is 3140. The van der Waals surface area contributed by atoms with Gasteiger partial charge in [-0.25, -0.2) is 4.99 Å². The van der Waals surface area contributed by atoms with Crippen LogP contribution in [0.2, 0.25) is 0 Å². The largest absolute Gasteiger partial charge is 0.462 e. The molecule has 1 spiro atoms. The second-order valence-electron chi connectivity index (χ2n) is 25.2. The van der Waals surface area contributed by atoms with E-state index in [0.717, 1.165) is 24.2 Å². The number of aliphatic hydroxyl groups is 12. The van der Waals surface area contributed by atoms with Crippen molar-refractivity contribution in [2.24, 2.45) is 21.5 Å². The predicted octanol–water partition coefficient (Wildman–Crippen LogP) is -10.9. The molecule has 6 amide bonds. The highest BCUT2D eigenvalue weighted by Gasteiger charge is 2.57. The molecule has 37 heteroatoms. The number of nitrogens with zero attached hydrogens (tertiary/aromatic N) is 3. The number of guanidine groups is 2. The summed E-state index contributed by atoms with van der Waals surface area (Å²) in [6, 6.07) is 1.01. The molecule has 37 nitrogen and oxygen atoms in total. The van der Waals surface area contributed by atoms with Gasteiger partial charge in [0.15, 0.2) is 30.2 Å². The van der Waals surface area contributed by atoms with Gasteiger partial charge in [0.05, 0.1) is 51.6 Å². The Morgan fingerprint density at radius 3 is 1.97 bits per heavy atom. The second kappa shape index (κ2) is 31.4. The number of amides is 6. The number of ether oxygens (including phenoxy) is 7. The summed E-state index contributed by atoms with van der Waals surface area (Å²) >= 11 is 0. The van der Waals surface area contributed by atoms with Crippen molar-refractivity contribution < 1.29 is 123 Å². The first-order valence-corrected chi connectivity index (χ1v) is 32.0. The van der Waals surface area contributed by atoms with Crippen LogP contribution in [0.1, 0.15) is 56.1 Å². The van der Waals surface area contributed by atoms with Crippen molar-refractivity contribution in [3.05, 3.63) is 65.7 Å². The Hall–Kier alpha value is -7.12. The fourth-order valence-electron chi connectivity index (χ4n) is 13.2. The van der Waals surface area contributed by atoms with Crippen LogP contribution >= 0.6 is 0 Å². The number of benzene rings is 2. The van der Waals surface area contributed by atoms with E-state index in [0.29, 0.717) is 18.4 Å². The summed E-state index contributed by atoms with van der Waals surface area (Å²) in [5, 5.41) is 150. The maximum Gasteiger partial charge on any atom is 0.246 e. The molecular formula is C60H86N12O25. The normalized spacial score (nSPS) is 38.0. The van der Waals surface area contributed by atoms with Crippen molar-refractivity contribution in [3.63, 3.8) is 0 Å². The minimum atomic E-state index is -2.34. The Kier molecular flexibility index (Phi) is 23.5. The molecule has 0 aromatic heterocycles. The SMILES string of the molecule is C[C@@H](c1ccccc1)C1NC(=O)CNC(=O)[C@H](CO)NC(=O)[C@@H]([C@@H](O)[C@@H]2CN=C(N)N2[C@H]2O[C@H](CO)[C@@H](O)[C@H](O)[C@@H]2O)NC(=O)[C@H]([C@@H](O)[C@@H]2CNC(N)=N2)NC(=O)[C@@H](Cc2ccc(O[C@H]3O[C@H](CO)[C@@H](O[C@H]4O[C@@H]5COC6(CCCCC6)O[C@H]5[C@H](O)[C@@H]4O)[C@H](O)[C@@H]3O)cc2)NC1=O. The van der Waals surface area contributed by atoms with Crippen LogP contribution in [0, 0.1) is 0 Å². The number of nitrogens with two attached hydrogens (primary N) is 2. The van der Waals surface area contributed by atoms with Crippen LogP contribution in [0.25, 0.3) is 0 Å². The Labute approximate surface area is 553 Å². The molecule has 1 saturated carbocycles. The molecule has 1 unspecified atom stereocenters. The van der Waals surface area contributed by atoms with Crippen LogP contribution in [0.3, 0.4) is 0 Å². The number of rotatable bonds is 16. The summed E-state index contributed by atoms with van der Waals surface area (Å²) in [6.07, 6.45) is -25.4. The minimum Gasteiger partial charge on any atom is -0.462 e. The van der Waals surface area contributed by atoms with E-state index in [2.05, 4.69) is 47.2 Å². The molecule has 5 saturated heterocycles. The predicted molar refractivity (Wildman–Crippen MR) is 327 cm³/mol. The molecule has 8 aliphatic rings. The van der Waals surface area contributed by atoms with Gasteiger partial charge in [0.2, 0.25) is 41.7 Å². The Balaban J connectivity index is 0.916. The Morgan fingerprint density at radius 2 is 1.30 bits per heavy atom. The molecule has 10 rings (SSSR count). The molecule has 23 N–H and O–H groups in total. The van der Waals surface area contributed by atoms with Crippen molar-refractivity contribution >= 4 is 47.4 Å². The lowest BCUT2D eigenvalue weighted by Gasteiger charge is -2.52. The molecule has 2 aromatic carbocycles. The lowest BCUT2D eigenvalue weighted by molar-refractivity contribution is -0.407. The van der Waals surface area contributed by atoms with Gasteiger partial charge in [0.25, 0.3) is 0 Å². The third kappa shape index (κ3) is 16.0. The van der Waals surface area contributed by atoms with E-state index in [1.807, 2.05) is 0 Å². The molecule has 0 bridgehead atoms. The average molecular weight is 1380 g/mol. The van der Waals surface area contributed by atoms with Gasteiger partial charge in [-0.05, 0) is 36.1 Å². The zero-order valence-corrected chi connectivity index (χ0v) is 52.5. The number of aliphatic hydroxyl groups excluding tert-OH is 12. The summed E-state index contributed by atoms with van der Waals surface area (Å²) in [6.45, 7) is -2.98. The van der Waals surface area contributed by atoms with Crippen LogP contribution in [0.4, 0.5) is 0 Å². The molecule has 2 aromatic rings. The number of carbonyl (C=O) groups excluding carboxylic acids is 6. The van der Waals surface area contributed by atoms with Crippen LogP contribution in [0.5, 0.6) is 5.75 Å². The standard InChI is InChI=1S/C60H86N12O25/c1-24(26-8-4-2-5-9-26)36-52(88)66-28(16-25-10-12-27(13-11-25)92-56-46(84)43(81)48(33(22-75)94-56)96-57-47(85)44(82)49-34(95-57)23-91-60(97-49)14-6-3-7-15-60)51(87)70-37(39(77)29-17-64-58(61)68-29)54(90)71-38(53(89)67-30(20-73)50(86)63-19-35(76)69-36)40(78)31-18-65-59(62)72(31)55-45(83)42(80)41(79)32(21-74)93-55/h2,4-5,8-13,24,28-34,36-49,55-57,73-75,77-85H,3,6-7,14-23H2,1H3,(H2,62,65)(H,63,86)(H,66,88)(H,67,89)(H,69,76)(H,70,87)(H,71,90)(H3,61,64,68)/t24-,28+,29-,30-,31-,32+,33+,34+,36?,37-,38+,39-,40-,41+,42-,43+,44+,45-,46-,47-,48+,49+,55-,56-,57+/m0/s1. The first-order valence-electron chi connectivity index (χ1n) is 32.0. The van der Waals surface area contributed by atoms with Gasteiger partial charge in [-0.15, -0.1) is 0 Å². The van der Waals surface area contributed by atoms with Crippen LogP contribution < -0.4 is 53.4 Å². The van der Waals surface area contributed by atoms with Gasteiger partial charge < -0.3 is 148 Å². The van der Waals surface area contributed by atoms with Crippen molar-refractivity contribution in [1.29, 1.82) is 0 Å². The molecule has 6 fully saturated rings. The number of aliphatic imine (C=N–C) groups is 2. The number of hydrogen-bond donors (Lipinski definition) is 21. The first kappa shape index (κ1) is 72.6. The molecule has 1 aliphatic carbocycles. The van der Waals surface area contributed by atoms with E-state index in [1.165, 1.54) is 24.3 Å². The van der Waals surface area contributed by atoms with E-state index in [-0.39, 0.29) is 30.4 Å². The van der Waals surface area contributed by atoms with Crippen molar-refractivity contribution in [2.45, 2.75) is 204 Å². The van der Waals surface area contributed by atoms with Gasteiger partial charge >= 0.3 is 0 Å². The average Bonchev–Trinajstić information content (AvgIpc) is 1.76. The highest BCUT2D eigenvalue weighted by Crippen LogP contribution is 2.42. The topological polar surface area (TPSA) is 574 Å². The molecule has 7 heterocycles. The maximum atomic E-state index is 15.2. The van der Waals surface area contributed by atoms with E-state index in [1.54, 1.807) is 37.3 Å². The lowest BCUT2D eigenvalue weighted by atomic mass is 9.90. The van der Waals surface area contributed by atoms with E-state index in [4.69, 9.17) is 44.6 Å². The smallest absolute Gasteiger partial charge is 0.246 e. The first-order chi connectivity index (χ1) is 46.3. The van der Waals surface area contributed by atoms with Gasteiger partial charge in [-0.2, -0.15) is 0 Å². The molecule has 0 radical (unpaired) electrons. The van der Waals surface area contributed by atoms with Crippen molar-refractivity contribution in [1.82, 2.24) is 42.1 Å². The van der Waals surface area contributed by atoms with Crippen molar-refractivity contribution in [3.8, 4) is 5.75 Å². The summed E-state index contributed by atoms with van der Waals surface area (Å²) in [4.78, 5) is 96.6.